The maximum Gasteiger partial charge on any atom is 0.323 e. The fraction of sp³-hybridized carbons (Fsp3) is 0.333. The van der Waals surface area contributed by atoms with Gasteiger partial charge in [0.2, 0.25) is 0 Å². The van der Waals surface area contributed by atoms with E-state index in [1.54, 1.807) is 6.07 Å². The number of benzene rings is 3. The zero-order chi connectivity index (χ0) is 25.5. The van der Waals surface area contributed by atoms with E-state index < -0.39 is 0 Å². The summed E-state index contributed by atoms with van der Waals surface area (Å²) in [7, 11) is 0. The molecule has 188 valence electrons. The molecule has 1 saturated heterocycles. The van der Waals surface area contributed by atoms with Crippen molar-refractivity contribution in [3.05, 3.63) is 89.5 Å². The van der Waals surface area contributed by atoms with Crippen LogP contribution in [0.5, 0.6) is 0 Å². The number of hydrogen-bond acceptors (Lipinski definition) is 3. The molecule has 6 heteroatoms. The number of anilines is 3. The number of nitrogens with one attached hydrogen (secondary N) is 3. The highest BCUT2D eigenvalue weighted by atomic mass is 16.2. The van der Waals surface area contributed by atoms with Gasteiger partial charge in [-0.2, -0.15) is 0 Å². The van der Waals surface area contributed by atoms with Crippen LogP contribution in [0.1, 0.15) is 61.1 Å². The highest BCUT2D eigenvalue weighted by Gasteiger charge is 2.23. The molecule has 3 aromatic rings. The van der Waals surface area contributed by atoms with Crippen LogP contribution in [-0.4, -0.2) is 25.0 Å². The molecule has 36 heavy (non-hydrogen) atoms. The minimum Gasteiger partial charge on any atom is -0.371 e. The van der Waals surface area contributed by atoms with Gasteiger partial charge in [-0.1, -0.05) is 62.4 Å². The molecule has 0 radical (unpaired) electrons. The van der Waals surface area contributed by atoms with Gasteiger partial charge in [0.05, 0.1) is 11.6 Å². The van der Waals surface area contributed by atoms with E-state index in [0.29, 0.717) is 17.2 Å². The summed E-state index contributed by atoms with van der Waals surface area (Å²) >= 11 is 0. The summed E-state index contributed by atoms with van der Waals surface area (Å²) in [6, 6.07) is 22.8. The van der Waals surface area contributed by atoms with Crippen molar-refractivity contribution < 1.29 is 9.59 Å². The first-order valence-electron chi connectivity index (χ1n) is 12.8. The second kappa shape index (κ2) is 11.8. The maximum absolute atomic E-state index is 13.5. The average Bonchev–Trinajstić information content (AvgIpc) is 2.90. The fourth-order valence-electron chi connectivity index (χ4n) is 4.66. The number of hydrogen-bond donors (Lipinski definition) is 3. The van der Waals surface area contributed by atoms with Crippen molar-refractivity contribution in [2.75, 3.05) is 28.6 Å². The molecule has 3 amide bonds. The minimum atomic E-state index is -0.334. The minimum absolute atomic E-state index is 0.140. The normalized spacial score (nSPS) is 14.7. The third-order valence-electron chi connectivity index (χ3n) is 6.92. The molecule has 1 atom stereocenters. The van der Waals surface area contributed by atoms with Gasteiger partial charge < -0.3 is 20.9 Å². The van der Waals surface area contributed by atoms with Crippen LogP contribution in [0.25, 0.3) is 0 Å². The lowest BCUT2D eigenvalue weighted by Gasteiger charge is -2.33. The Balaban J connectivity index is 1.56. The fourth-order valence-corrected chi connectivity index (χ4v) is 4.66. The predicted molar refractivity (Wildman–Crippen MR) is 148 cm³/mol. The van der Waals surface area contributed by atoms with Crippen LogP contribution in [0.3, 0.4) is 0 Å². The highest BCUT2D eigenvalue weighted by molar-refractivity contribution is 6.04. The van der Waals surface area contributed by atoms with Gasteiger partial charge in [0.25, 0.3) is 5.91 Å². The molecule has 1 fully saturated rings. The first kappa shape index (κ1) is 25.3. The van der Waals surface area contributed by atoms with Crippen LogP contribution < -0.4 is 20.9 Å². The monoisotopic (exact) mass is 484 g/mol. The number of aryl methyl sites for hydroxylation is 1. The van der Waals surface area contributed by atoms with Crippen LogP contribution in [-0.2, 0) is 6.42 Å². The van der Waals surface area contributed by atoms with Crippen molar-refractivity contribution in [3.8, 4) is 0 Å². The number of para-hydroxylation sites is 1. The van der Waals surface area contributed by atoms with Crippen molar-refractivity contribution >= 4 is 29.0 Å². The summed E-state index contributed by atoms with van der Waals surface area (Å²) in [6.07, 6.45) is 3.02. The molecule has 0 aliphatic carbocycles. The van der Waals surface area contributed by atoms with E-state index in [-0.39, 0.29) is 18.0 Å². The Labute approximate surface area is 214 Å². The van der Waals surface area contributed by atoms with Gasteiger partial charge in [-0.15, -0.1) is 0 Å². The number of amides is 3. The number of urea groups is 1. The van der Waals surface area contributed by atoms with Crippen molar-refractivity contribution in [1.29, 1.82) is 0 Å². The van der Waals surface area contributed by atoms with Gasteiger partial charge in [-0.05, 0) is 67.5 Å². The molecule has 0 bridgehead atoms. The van der Waals surface area contributed by atoms with Crippen molar-refractivity contribution in [1.82, 2.24) is 5.32 Å². The molecule has 1 heterocycles. The molecule has 1 aliphatic rings. The summed E-state index contributed by atoms with van der Waals surface area (Å²) in [4.78, 5) is 28.6. The van der Waals surface area contributed by atoms with E-state index in [1.165, 1.54) is 0 Å². The quantitative estimate of drug-likeness (QED) is 0.353. The zero-order valence-corrected chi connectivity index (χ0v) is 21.4. The summed E-state index contributed by atoms with van der Waals surface area (Å²) in [5.41, 5.74) is 4.94. The van der Waals surface area contributed by atoms with E-state index in [0.717, 1.165) is 54.9 Å². The lowest BCUT2D eigenvalue weighted by Crippen LogP contribution is -2.35. The topological polar surface area (TPSA) is 73.5 Å². The average molecular weight is 485 g/mol. The van der Waals surface area contributed by atoms with Gasteiger partial charge in [-0.25, -0.2) is 4.79 Å². The van der Waals surface area contributed by atoms with Gasteiger partial charge in [0.1, 0.15) is 0 Å². The van der Waals surface area contributed by atoms with Crippen molar-refractivity contribution in [2.24, 2.45) is 5.92 Å². The molecule has 4 rings (SSSR count). The van der Waals surface area contributed by atoms with E-state index in [2.05, 4.69) is 34.7 Å². The van der Waals surface area contributed by atoms with E-state index in [9.17, 15) is 9.59 Å². The Morgan fingerprint density at radius 3 is 2.36 bits per heavy atom. The molecular formula is C30H36N4O2. The van der Waals surface area contributed by atoms with Gasteiger partial charge in [0.15, 0.2) is 0 Å². The van der Waals surface area contributed by atoms with Crippen molar-refractivity contribution in [2.45, 2.75) is 46.1 Å². The second-order valence-corrected chi connectivity index (χ2v) is 9.60. The van der Waals surface area contributed by atoms with Gasteiger partial charge in [0, 0.05) is 30.2 Å². The summed E-state index contributed by atoms with van der Waals surface area (Å²) in [5, 5.41) is 8.99. The third-order valence-corrected chi connectivity index (χ3v) is 6.92. The van der Waals surface area contributed by atoms with Crippen LogP contribution in [0.2, 0.25) is 0 Å². The second-order valence-electron chi connectivity index (χ2n) is 9.60. The predicted octanol–water partition coefficient (Wildman–Crippen LogP) is 6.62. The lowest BCUT2D eigenvalue weighted by molar-refractivity contribution is 0.0940. The van der Waals surface area contributed by atoms with Gasteiger partial charge >= 0.3 is 6.03 Å². The third kappa shape index (κ3) is 6.25. The molecule has 1 aliphatic heterocycles. The number of rotatable bonds is 7. The first-order valence-corrected chi connectivity index (χ1v) is 12.8. The van der Waals surface area contributed by atoms with Crippen LogP contribution >= 0.6 is 0 Å². The molecule has 0 aromatic heterocycles. The van der Waals surface area contributed by atoms with Crippen LogP contribution in [0.4, 0.5) is 21.9 Å². The molecule has 0 spiro atoms. The first-order chi connectivity index (χ1) is 17.4. The lowest BCUT2D eigenvalue weighted by atomic mass is 9.97. The Morgan fingerprint density at radius 2 is 1.64 bits per heavy atom. The molecule has 3 N–H and O–H groups in total. The maximum atomic E-state index is 13.5. The number of nitrogens with zero attached hydrogens (tertiary/aromatic N) is 1. The zero-order valence-electron chi connectivity index (χ0n) is 21.4. The Hall–Kier alpha value is -3.80. The van der Waals surface area contributed by atoms with Crippen LogP contribution in [0, 0.1) is 5.92 Å². The molecule has 3 aromatic carbocycles. The Bertz CT molecular complexity index is 1190. The molecule has 1 unspecified atom stereocenters. The smallest absolute Gasteiger partial charge is 0.323 e. The van der Waals surface area contributed by atoms with E-state index in [4.69, 9.17) is 0 Å². The number of carbonyl (C=O) groups excluding carboxylic acids is 2. The highest BCUT2D eigenvalue weighted by Crippen LogP contribution is 2.29. The van der Waals surface area contributed by atoms with Crippen LogP contribution in [0.15, 0.2) is 72.8 Å². The van der Waals surface area contributed by atoms with Gasteiger partial charge in [-0.3, -0.25) is 4.79 Å². The Morgan fingerprint density at radius 1 is 0.944 bits per heavy atom. The van der Waals surface area contributed by atoms with E-state index >= 15 is 0 Å². The standard InChI is InChI=1S/C30H36N4O2/c1-4-23-10-8-9-13-27(23)33-30(36)32-25-14-15-28(34-18-16-21(2)17-19-34)26(20-25)29(35)31-22(3)24-11-6-5-7-12-24/h5-15,20-22H,4,16-19H2,1-3H3,(H,31,35)(H2,32,33,36). The largest absolute Gasteiger partial charge is 0.371 e. The molecule has 0 saturated carbocycles. The van der Waals surface area contributed by atoms with E-state index in [1.807, 2.05) is 73.7 Å². The summed E-state index contributed by atoms with van der Waals surface area (Å²) in [5.74, 6) is 0.535. The summed E-state index contributed by atoms with van der Waals surface area (Å²) in [6.45, 7) is 8.14. The van der Waals surface area contributed by atoms with Crippen molar-refractivity contribution in [3.63, 3.8) is 0 Å². The number of piperidine rings is 1. The molecular weight excluding hydrogens is 448 g/mol. The molecule has 6 nitrogen and oxygen atoms in total. The Kier molecular flexibility index (Phi) is 8.26. The number of carbonyl (C=O) groups is 2. The SMILES string of the molecule is CCc1ccccc1NC(=O)Nc1ccc(N2CCC(C)CC2)c(C(=O)NC(C)c2ccccc2)c1. The summed E-state index contributed by atoms with van der Waals surface area (Å²) < 4.78 is 0.